The third-order valence-corrected chi connectivity index (χ3v) is 15.6. The SMILES string of the molecule is [C-]#[N+]/C(C#N)=C1/C(=C/c2cc(OC)c(-c3cc4c(s3)-c3sc(-c5sc(/C=C6\C(=O)c7cc(F)c(F)cc7C6=C(C#N)C#N)cc5OC)cc3C(C)(C)O4)s2)C(=O)c2cc(F)c(F)cc21. The van der Waals surface area contributed by atoms with Crippen LogP contribution in [0, 0.1) is 63.8 Å². The van der Waals surface area contributed by atoms with Crippen LogP contribution in [0.4, 0.5) is 17.6 Å². The van der Waals surface area contributed by atoms with Gasteiger partial charge in [0.2, 0.25) is 0 Å². The minimum Gasteiger partial charge on any atom is -0.495 e. The number of hydrogen-bond donors (Lipinski definition) is 0. The fraction of sp³-hybridized carbons (Fsp3) is 0.106. The Labute approximate surface area is 377 Å². The minimum atomic E-state index is -1.24. The molecule has 0 fully saturated rings. The van der Waals surface area contributed by atoms with Crippen molar-refractivity contribution in [3.63, 3.8) is 0 Å². The number of hydrogen-bond acceptors (Lipinski definition) is 12. The fourth-order valence-electron chi connectivity index (χ4n) is 7.79. The van der Waals surface area contributed by atoms with Crippen LogP contribution in [0.5, 0.6) is 17.2 Å². The van der Waals surface area contributed by atoms with Gasteiger partial charge in [-0.25, -0.2) is 27.7 Å². The van der Waals surface area contributed by atoms with Gasteiger partial charge in [-0.2, -0.15) is 10.5 Å². The molecule has 64 heavy (non-hydrogen) atoms. The Morgan fingerprint density at radius 3 is 1.61 bits per heavy atom. The second kappa shape index (κ2) is 15.5. The molecule has 4 aromatic heterocycles. The van der Waals surface area contributed by atoms with Crippen molar-refractivity contribution >= 4 is 80.2 Å². The predicted octanol–water partition coefficient (Wildman–Crippen LogP) is 12.6. The number of ether oxygens (including phenoxy) is 3. The minimum absolute atomic E-state index is 0.0433. The Kier molecular flexibility index (Phi) is 10.1. The Balaban J connectivity index is 1.10. The second-order valence-electron chi connectivity index (χ2n) is 14.7. The van der Waals surface area contributed by atoms with E-state index in [0.29, 0.717) is 36.8 Å². The van der Waals surface area contributed by atoms with Crippen molar-refractivity contribution in [2.75, 3.05) is 14.2 Å². The van der Waals surface area contributed by atoms with Gasteiger partial charge in [-0.15, -0.1) is 45.3 Å². The topological polar surface area (TPSA) is 138 Å². The number of carbonyl (C=O) groups is 2. The maximum Gasteiger partial charge on any atom is 0.270 e. The van der Waals surface area contributed by atoms with E-state index in [4.69, 9.17) is 20.8 Å². The molecule has 9 rings (SSSR count). The van der Waals surface area contributed by atoms with Gasteiger partial charge in [0.25, 0.3) is 5.70 Å². The molecule has 1 aliphatic heterocycles. The molecule has 0 amide bonds. The number of rotatable bonds is 6. The highest BCUT2D eigenvalue weighted by Crippen LogP contribution is 2.58. The van der Waals surface area contributed by atoms with Gasteiger partial charge in [-0.1, -0.05) is 0 Å². The third-order valence-electron chi connectivity index (χ3n) is 10.6. The van der Waals surface area contributed by atoms with Gasteiger partial charge in [0.1, 0.15) is 40.6 Å². The monoisotopic (exact) mass is 926 g/mol. The van der Waals surface area contributed by atoms with E-state index in [-0.39, 0.29) is 44.5 Å². The lowest BCUT2D eigenvalue weighted by molar-refractivity contribution is 0.103. The Morgan fingerprint density at radius 1 is 0.656 bits per heavy atom. The summed E-state index contributed by atoms with van der Waals surface area (Å²) in [5.41, 5.74) is -1.51. The molecule has 0 bridgehead atoms. The van der Waals surface area contributed by atoms with Crippen LogP contribution >= 0.6 is 45.3 Å². The summed E-state index contributed by atoms with van der Waals surface area (Å²) in [5, 5.41) is 29.3. The average molecular weight is 927 g/mol. The summed E-state index contributed by atoms with van der Waals surface area (Å²) in [7, 11) is 2.98. The zero-order chi connectivity index (χ0) is 45.5. The quantitative estimate of drug-likeness (QED) is 0.0697. The van der Waals surface area contributed by atoms with Crippen LogP contribution in [0.3, 0.4) is 0 Å². The molecule has 6 aromatic rings. The molecule has 3 aliphatic rings. The number of halogens is 4. The number of Topliss-reactive ketones (excluding diaryl/α,β-unsaturated/α-hetero) is 2. The number of carbonyl (C=O) groups excluding carboxylic acids is 2. The number of allylic oxidation sites excluding steroid dienone is 6. The number of ketones is 2. The molecule has 0 spiro atoms. The van der Waals surface area contributed by atoms with E-state index in [1.54, 1.807) is 30.3 Å². The largest absolute Gasteiger partial charge is 0.495 e. The van der Waals surface area contributed by atoms with E-state index in [0.717, 1.165) is 49.3 Å². The van der Waals surface area contributed by atoms with Gasteiger partial charge in [-0.3, -0.25) is 9.59 Å². The number of nitrogens with zero attached hydrogens (tertiary/aromatic N) is 4. The number of fused-ring (bicyclic) bond motifs is 5. The normalized spacial score (nSPS) is 16.3. The first-order chi connectivity index (χ1) is 30.6. The Hall–Kier alpha value is -7.38. The summed E-state index contributed by atoms with van der Waals surface area (Å²) in [6, 6.07) is 15.7. The zero-order valence-corrected chi connectivity index (χ0v) is 36.5. The van der Waals surface area contributed by atoms with Gasteiger partial charge in [0.05, 0.1) is 51.2 Å². The molecule has 9 nitrogen and oxygen atoms in total. The summed E-state index contributed by atoms with van der Waals surface area (Å²) in [4.78, 5) is 36.2. The molecule has 5 heterocycles. The van der Waals surface area contributed by atoms with Crippen molar-refractivity contribution in [1.29, 1.82) is 15.8 Å². The lowest BCUT2D eigenvalue weighted by Gasteiger charge is -2.31. The maximum atomic E-state index is 14.4. The van der Waals surface area contributed by atoms with E-state index in [9.17, 15) is 42.9 Å². The highest BCUT2D eigenvalue weighted by atomic mass is 32.1. The molecule has 0 unspecified atom stereocenters. The summed E-state index contributed by atoms with van der Waals surface area (Å²) in [6.45, 7) is 11.4. The first kappa shape index (κ1) is 41.9. The summed E-state index contributed by atoms with van der Waals surface area (Å²) in [6.07, 6.45) is 2.96. The zero-order valence-electron chi connectivity index (χ0n) is 33.2. The average Bonchev–Trinajstić information content (AvgIpc) is 4.13. The van der Waals surface area contributed by atoms with Crippen molar-refractivity contribution in [2.45, 2.75) is 19.4 Å². The van der Waals surface area contributed by atoms with Crippen molar-refractivity contribution in [3.8, 4) is 64.7 Å². The lowest BCUT2D eigenvalue weighted by Crippen LogP contribution is -2.27. The highest BCUT2D eigenvalue weighted by Gasteiger charge is 2.39. The molecule has 2 aromatic carbocycles. The van der Waals surface area contributed by atoms with Crippen LogP contribution < -0.4 is 14.2 Å². The highest BCUT2D eigenvalue weighted by molar-refractivity contribution is 7.29. The molecule has 17 heteroatoms. The molecular weight excluding hydrogens is 905 g/mol. The molecule has 0 saturated heterocycles. The van der Waals surface area contributed by atoms with Gasteiger partial charge >= 0.3 is 0 Å². The first-order valence-corrected chi connectivity index (χ1v) is 21.8. The lowest BCUT2D eigenvalue weighted by atomic mass is 9.95. The predicted molar refractivity (Wildman–Crippen MR) is 236 cm³/mol. The number of methoxy groups -OCH3 is 2. The van der Waals surface area contributed by atoms with Crippen molar-refractivity contribution < 1.29 is 41.4 Å². The van der Waals surface area contributed by atoms with Crippen LogP contribution in [0.15, 0.2) is 70.9 Å². The fourth-order valence-corrected chi connectivity index (χ4v) is 12.7. The summed E-state index contributed by atoms with van der Waals surface area (Å²) in [5.74, 6) is -4.72. The molecule has 312 valence electrons. The van der Waals surface area contributed by atoms with E-state index >= 15 is 0 Å². The molecule has 0 radical (unpaired) electrons. The molecule has 0 N–H and O–H groups in total. The van der Waals surface area contributed by atoms with Crippen molar-refractivity contribution in [1.82, 2.24) is 0 Å². The van der Waals surface area contributed by atoms with Gasteiger partial charge in [0.15, 0.2) is 34.8 Å². The van der Waals surface area contributed by atoms with Crippen LogP contribution in [-0.4, -0.2) is 25.8 Å². The first-order valence-electron chi connectivity index (χ1n) is 18.6. The van der Waals surface area contributed by atoms with Crippen LogP contribution in [0.1, 0.15) is 61.0 Å². The van der Waals surface area contributed by atoms with Gasteiger partial charge < -0.3 is 14.2 Å². The Morgan fingerprint density at radius 2 is 1.12 bits per heavy atom. The van der Waals surface area contributed by atoms with E-state index in [2.05, 4.69) is 4.85 Å². The Bertz CT molecular complexity index is 3430. The van der Waals surface area contributed by atoms with E-state index in [1.165, 1.54) is 71.7 Å². The maximum absolute atomic E-state index is 14.4. The molecule has 0 saturated carbocycles. The van der Waals surface area contributed by atoms with Crippen molar-refractivity contribution in [2.24, 2.45) is 0 Å². The van der Waals surface area contributed by atoms with Gasteiger partial charge in [0, 0.05) is 59.7 Å². The number of nitriles is 3. The number of thiophene rings is 4. The standard InChI is InChI=1S/C47H22F4N4O5S4/c1-47(2)28-14-37(44-34(58-4)8-20(61-44)6-26-39(19(16-52)17-53)22-10-29(48)31(50)12-24(22)41(26)56)63-43(28)46-36(60-47)15-38(64-46)45-35(59-5)9-21(62-45)7-27-40(33(18-54)55-3)23-11-30(49)32(51)13-25(23)42(27)57/h6-15H,1-2,4-5H3/b26-6-,27-7-,40-33+. The van der Waals surface area contributed by atoms with Crippen LogP contribution in [-0.2, 0) is 5.60 Å². The summed E-state index contributed by atoms with van der Waals surface area (Å²) < 4.78 is 75.5. The van der Waals surface area contributed by atoms with Crippen LogP contribution in [0.2, 0.25) is 0 Å². The molecule has 0 atom stereocenters. The van der Waals surface area contributed by atoms with E-state index < -0.39 is 51.7 Å². The van der Waals surface area contributed by atoms with E-state index in [1.807, 2.05) is 26.0 Å². The second-order valence-corrected chi connectivity index (χ2v) is 19.0. The van der Waals surface area contributed by atoms with Crippen LogP contribution in [0.25, 0.3) is 57.4 Å². The molecule has 2 aliphatic carbocycles. The third kappa shape index (κ3) is 6.48. The molecular formula is C47H22F4N4O5S4. The smallest absolute Gasteiger partial charge is 0.270 e. The summed E-state index contributed by atoms with van der Waals surface area (Å²) >= 11 is 5.46. The van der Waals surface area contributed by atoms with Gasteiger partial charge in [-0.05, 0) is 79.6 Å². The van der Waals surface area contributed by atoms with Crippen molar-refractivity contribution in [3.05, 3.63) is 143 Å². The number of benzene rings is 2.